The Hall–Kier alpha value is -1.87. The van der Waals surface area contributed by atoms with Gasteiger partial charge in [0.15, 0.2) is 5.58 Å². The lowest BCUT2D eigenvalue weighted by atomic mass is 10.2. The number of benzene rings is 1. The van der Waals surface area contributed by atoms with E-state index in [1.54, 1.807) is 0 Å². The molecule has 0 saturated carbocycles. The normalized spacial score (nSPS) is 16.3. The van der Waals surface area contributed by atoms with Crippen molar-refractivity contribution in [3.05, 3.63) is 23.8 Å². The number of rotatable bonds is 4. The van der Waals surface area contributed by atoms with Gasteiger partial charge in [0.25, 0.3) is 0 Å². The number of piperazine rings is 1. The maximum Gasteiger partial charge on any atom is 0.411 e. The van der Waals surface area contributed by atoms with E-state index in [4.69, 9.17) is 4.42 Å². The summed E-state index contributed by atoms with van der Waals surface area (Å²) in [6.45, 7) is 1.04. The van der Waals surface area contributed by atoms with Gasteiger partial charge in [0.2, 0.25) is 5.89 Å². The number of halogens is 4. The van der Waals surface area contributed by atoms with Crippen molar-refractivity contribution in [2.24, 2.45) is 0 Å². The molecule has 2 aromatic rings. The fraction of sp³-hybridized carbons (Fsp3) is 0.500. The summed E-state index contributed by atoms with van der Waals surface area (Å²) in [5.41, 5.74) is 0.982. The van der Waals surface area contributed by atoms with E-state index in [9.17, 15) is 17.6 Å². The van der Waals surface area contributed by atoms with Crippen LogP contribution in [0.2, 0.25) is 0 Å². The number of oxazole rings is 1. The summed E-state index contributed by atoms with van der Waals surface area (Å²) in [6.07, 6.45) is -4.41. The Morgan fingerprint density at radius 2 is 2.00 bits per heavy atom. The molecule has 0 atom stereocenters. The van der Waals surface area contributed by atoms with E-state index in [-0.39, 0.29) is 11.4 Å². The molecule has 0 spiro atoms. The molecule has 1 saturated heterocycles. The molecular formula is C14H15F4N3O2. The molecule has 0 bridgehead atoms. The Kier molecular flexibility index (Phi) is 4.40. The van der Waals surface area contributed by atoms with Crippen molar-refractivity contribution in [2.75, 3.05) is 37.7 Å². The van der Waals surface area contributed by atoms with Crippen LogP contribution < -0.4 is 10.2 Å². The van der Waals surface area contributed by atoms with E-state index in [1.807, 2.05) is 4.90 Å². The maximum absolute atomic E-state index is 14.2. The van der Waals surface area contributed by atoms with Gasteiger partial charge in [-0.2, -0.15) is 13.2 Å². The molecular weight excluding hydrogens is 318 g/mol. The number of ether oxygens (including phenoxy) is 1. The van der Waals surface area contributed by atoms with Gasteiger partial charge in [-0.1, -0.05) is 0 Å². The Balaban J connectivity index is 1.77. The van der Waals surface area contributed by atoms with Gasteiger partial charge in [0.1, 0.15) is 24.5 Å². The third kappa shape index (κ3) is 3.91. The van der Waals surface area contributed by atoms with Crippen molar-refractivity contribution in [1.29, 1.82) is 0 Å². The predicted octanol–water partition coefficient (Wildman–Crippen LogP) is 2.46. The van der Waals surface area contributed by atoms with Gasteiger partial charge in [-0.05, 0) is 0 Å². The summed E-state index contributed by atoms with van der Waals surface area (Å²) in [5, 5.41) is 3.17. The molecule has 1 fully saturated rings. The van der Waals surface area contributed by atoms with Crippen LogP contribution in [0.25, 0.3) is 11.1 Å². The number of aromatic nitrogens is 1. The number of hydrogen-bond donors (Lipinski definition) is 1. The fourth-order valence-corrected chi connectivity index (χ4v) is 2.45. The van der Waals surface area contributed by atoms with E-state index in [0.29, 0.717) is 24.4 Å². The summed E-state index contributed by atoms with van der Waals surface area (Å²) < 4.78 is 60.2. The minimum atomic E-state index is -4.41. The highest BCUT2D eigenvalue weighted by Gasteiger charge is 2.27. The first kappa shape index (κ1) is 16.0. The highest BCUT2D eigenvalue weighted by molar-refractivity contribution is 5.78. The molecule has 1 aliphatic rings. The molecule has 0 amide bonds. The first-order chi connectivity index (χ1) is 10.9. The monoisotopic (exact) mass is 333 g/mol. The third-order valence-corrected chi connectivity index (χ3v) is 3.45. The van der Waals surface area contributed by atoms with Crippen LogP contribution in [0.15, 0.2) is 16.5 Å². The van der Waals surface area contributed by atoms with Crippen LogP contribution in [0.3, 0.4) is 0 Å². The van der Waals surface area contributed by atoms with E-state index in [2.05, 4.69) is 15.0 Å². The van der Waals surface area contributed by atoms with Crippen molar-refractivity contribution in [2.45, 2.75) is 12.8 Å². The minimum Gasteiger partial charge on any atom is -0.438 e. The number of nitrogens with zero attached hydrogens (tertiary/aromatic N) is 2. The maximum atomic E-state index is 14.2. The summed E-state index contributed by atoms with van der Waals surface area (Å²) in [6, 6.07) is 2.75. The van der Waals surface area contributed by atoms with Gasteiger partial charge >= 0.3 is 6.18 Å². The summed E-state index contributed by atoms with van der Waals surface area (Å²) in [5.74, 6) is -0.448. The molecule has 1 N–H and O–H groups in total. The van der Waals surface area contributed by atoms with Gasteiger partial charge in [-0.3, -0.25) is 0 Å². The molecule has 0 radical (unpaired) electrons. The second kappa shape index (κ2) is 6.32. The zero-order valence-corrected chi connectivity index (χ0v) is 12.1. The summed E-state index contributed by atoms with van der Waals surface area (Å²) in [4.78, 5) is 5.83. The van der Waals surface area contributed by atoms with E-state index in [1.165, 1.54) is 12.1 Å². The number of fused-ring (bicyclic) bond motifs is 1. The van der Waals surface area contributed by atoms with Crippen LogP contribution in [0.1, 0.15) is 5.89 Å². The number of nitrogens with one attached hydrogen (secondary N) is 1. The lowest BCUT2D eigenvalue weighted by molar-refractivity contribution is -0.177. The molecule has 2 heterocycles. The average molecular weight is 333 g/mol. The van der Waals surface area contributed by atoms with Crippen LogP contribution in [0.4, 0.5) is 23.2 Å². The first-order valence-electron chi connectivity index (χ1n) is 7.11. The molecule has 1 aromatic carbocycles. The number of anilines is 1. The topological polar surface area (TPSA) is 50.5 Å². The van der Waals surface area contributed by atoms with Crippen LogP contribution in [0, 0.1) is 5.82 Å². The molecule has 23 heavy (non-hydrogen) atoms. The lowest BCUT2D eigenvalue weighted by Gasteiger charge is -2.29. The molecule has 1 aliphatic heterocycles. The molecule has 126 valence electrons. The molecule has 3 rings (SSSR count). The van der Waals surface area contributed by atoms with E-state index < -0.39 is 25.2 Å². The average Bonchev–Trinajstić information content (AvgIpc) is 2.87. The number of alkyl halides is 3. The molecule has 9 heteroatoms. The molecule has 5 nitrogen and oxygen atoms in total. The van der Waals surface area contributed by atoms with Crippen molar-refractivity contribution in [1.82, 2.24) is 10.3 Å². The Bertz CT molecular complexity index is 680. The van der Waals surface area contributed by atoms with Gasteiger partial charge in [-0.25, -0.2) is 9.37 Å². The lowest BCUT2D eigenvalue weighted by Crippen LogP contribution is -2.43. The van der Waals surface area contributed by atoms with Crippen LogP contribution in [0.5, 0.6) is 0 Å². The minimum absolute atomic E-state index is 0.0129. The summed E-state index contributed by atoms with van der Waals surface area (Å²) >= 11 is 0. The smallest absolute Gasteiger partial charge is 0.411 e. The van der Waals surface area contributed by atoms with Crippen LogP contribution in [-0.2, 0) is 11.3 Å². The molecule has 1 aromatic heterocycles. The van der Waals surface area contributed by atoms with Crippen molar-refractivity contribution in [3.63, 3.8) is 0 Å². The van der Waals surface area contributed by atoms with Gasteiger partial charge in [-0.15, -0.1) is 0 Å². The SMILES string of the molecule is Fc1cc2nc(COCC(F)(F)F)oc2cc1N1CCNCC1. The highest BCUT2D eigenvalue weighted by Crippen LogP contribution is 2.27. The largest absolute Gasteiger partial charge is 0.438 e. The third-order valence-electron chi connectivity index (χ3n) is 3.45. The zero-order chi connectivity index (χ0) is 16.4. The first-order valence-corrected chi connectivity index (χ1v) is 7.11. The molecule has 0 unspecified atom stereocenters. The number of hydrogen-bond acceptors (Lipinski definition) is 5. The second-order valence-corrected chi connectivity index (χ2v) is 5.22. The second-order valence-electron chi connectivity index (χ2n) is 5.22. The van der Waals surface area contributed by atoms with Crippen molar-refractivity contribution < 1.29 is 26.7 Å². The highest BCUT2D eigenvalue weighted by atomic mass is 19.4. The summed E-state index contributed by atoms with van der Waals surface area (Å²) in [7, 11) is 0. The Morgan fingerprint density at radius 3 is 2.70 bits per heavy atom. The standard InChI is InChI=1S/C14H15F4N3O2/c15-9-5-10-12(6-11(9)21-3-1-19-2-4-21)23-13(20-10)7-22-8-14(16,17)18/h5-6,19H,1-4,7-8H2. The van der Waals surface area contributed by atoms with E-state index >= 15 is 0 Å². The quantitative estimate of drug-likeness (QED) is 0.871. The van der Waals surface area contributed by atoms with Crippen molar-refractivity contribution in [3.8, 4) is 0 Å². The van der Waals surface area contributed by atoms with Crippen LogP contribution >= 0.6 is 0 Å². The Morgan fingerprint density at radius 1 is 1.26 bits per heavy atom. The molecule has 0 aliphatic carbocycles. The Labute approximate surface area is 129 Å². The van der Waals surface area contributed by atoms with Crippen LogP contribution in [-0.4, -0.2) is 43.9 Å². The predicted molar refractivity (Wildman–Crippen MR) is 74.8 cm³/mol. The van der Waals surface area contributed by atoms with Gasteiger partial charge in [0.05, 0.1) is 5.69 Å². The fourth-order valence-electron chi connectivity index (χ4n) is 2.45. The van der Waals surface area contributed by atoms with Gasteiger partial charge < -0.3 is 19.4 Å². The zero-order valence-electron chi connectivity index (χ0n) is 12.1. The van der Waals surface area contributed by atoms with Gasteiger partial charge in [0, 0.05) is 38.3 Å². The van der Waals surface area contributed by atoms with E-state index in [0.717, 1.165) is 13.1 Å². The van der Waals surface area contributed by atoms with Crippen molar-refractivity contribution >= 4 is 16.8 Å².